The first-order valence-electron chi connectivity index (χ1n) is 6.77. The molecule has 0 saturated carbocycles. The molecule has 21 heavy (non-hydrogen) atoms. The summed E-state index contributed by atoms with van der Waals surface area (Å²) in [6.07, 6.45) is 2.12. The Labute approximate surface area is 127 Å². The molecule has 0 unspecified atom stereocenters. The van der Waals surface area contributed by atoms with E-state index in [1.165, 1.54) is 4.88 Å². The number of aryl methyl sites for hydroxylation is 3. The Morgan fingerprint density at radius 2 is 2.14 bits per heavy atom. The number of rotatable bonds is 3. The average molecular weight is 296 g/mol. The van der Waals surface area contributed by atoms with Crippen LogP contribution < -0.4 is 5.32 Å². The predicted octanol–water partition coefficient (Wildman–Crippen LogP) is 3.80. The van der Waals surface area contributed by atoms with Gasteiger partial charge in [0.15, 0.2) is 4.96 Å². The summed E-state index contributed by atoms with van der Waals surface area (Å²) >= 11 is 1.70. The van der Waals surface area contributed by atoms with Crippen molar-refractivity contribution >= 4 is 22.0 Å². The second-order valence-electron chi connectivity index (χ2n) is 5.13. The van der Waals surface area contributed by atoms with Crippen molar-refractivity contribution in [3.8, 4) is 6.07 Å². The van der Waals surface area contributed by atoms with E-state index in [9.17, 15) is 0 Å². The number of nitrogens with one attached hydrogen (secondary N) is 1. The maximum Gasteiger partial charge on any atom is 0.194 e. The summed E-state index contributed by atoms with van der Waals surface area (Å²) in [4.78, 5) is 6.87. The van der Waals surface area contributed by atoms with Crippen LogP contribution in [0.25, 0.3) is 4.96 Å². The lowest BCUT2D eigenvalue weighted by Gasteiger charge is -2.10. The zero-order chi connectivity index (χ0) is 15.0. The van der Waals surface area contributed by atoms with Crippen molar-refractivity contribution in [2.24, 2.45) is 0 Å². The van der Waals surface area contributed by atoms with Crippen LogP contribution >= 0.6 is 11.3 Å². The smallest absolute Gasteiger partial charge is 0.194 e. The lowest BCUT2D eigenvalue weighted by atomic mass is 10.1. The number of nitriles is 1. The highest BCUT2D eigenvalue weighted by Gasteiger charge is 2.11. The third kappa shape index (κ3) is 2.50. The van der Waals surface area contributed by atoms with Gasteiger partial charge in [-0.05, 0) is 38.5 Å². The second-order valence-corrected chi connectivity index (χ2v) is 6.35. The molecule has 0 spiro atoms. The van der Waals surface area contributed by atoms with Crippen molar-refractivity contribution in [3.63, 3.8) is 0 Å². The molecule has 0 saturated heterocycles. The summed E-state index contributed by atoms with van der Waals surface area (Å²) in [6, 6.07) is 7.87. The molecule has 4 nitrogen and oxygen atoms in total. The van der Waals surface area contributed by atoms with E-state index in [4.69, 9.17) is 5.26 Å². The molecule has 0 fully saturated rings. The van der Waals surface area contributed by atoms with Crippen molar-refractivity contribution in [2.45, 2.75) is 27.3 Å². The van der Waals surface area contributed by atoms with E-state index in [2.05, 4.69) is 33.9 Å². The standard InChI is InChI=1S/C16H16N4S/c1-10-4-5-13(7-17)6-14(10)18-8-15-12(3)19-16-20(15)9-11(2)21-16/h4-6,9,18H,8H2,1-3H3. The fraction of sp³-hybridized carbons (Fsp3) is 0.250. The molecule has 1 aromatic carbocycles. The summed E-state index contributed by atoms with van der Waals surface area (Å²) in [5, 5.41) is 12.4. The molecule has 1 N–H and O–H groups in total. The zero-order valence-corrected chi connectivity index (χ0v) is 13.1. The molecule has 0 radical (unpaired) electrons. The van der Waals surface area contributed by atoms with Crippen LogP contribution in [-0.4, -0.2) is 9.38 Å². The van der Waals surface area contributed by atoms with Crippen molar-refractivity contribution in [1.29, 1.82) is 5.26 Å². The largest absolute Gasteiger partial charge is 0.379 e. The van der Waals surface area contributed by atoms with Gasteiger partial charge < -0.3 is 5.32 Å². The SMILES string of the molecule is Cc1cn2c(CNc3cc(C#N)ccc3C)c(C)nc2s1. The molecule has 0 amide bonds. The maximum absolute atomic E-state index is 9.00. The van der Waals surface area contributed by atoms with Gasteiger partial charge in [-0.15, -0.1) is 11.3 Å². The highest BCUT2D eigenvalue weighted by molar-refractivity contribution is 7.17. The van der Waals surface area contributed by atoms with Gasteiger partial charge in [-0.3, -0.25) is 4.40 Å². The van der Waals surface area contributed by atoms with E-state index in [0.717, 1.165) is 27.6 Å². The Bertz CT molecular complexity index is 851. The van der Waals surface area contributed by atoms with Gasteiger partial charge in [0, 0.05) is 16.8 Å². The van der Waals surface area contributed by atoms with Crippen LogP contribution in [0.15, 0.2) is 24.4 Å². The van der Waals surface area contributed by atoms with Crippen LogP contribution in [0.1, 0.15) is 27.4 Å². The van der Waals surface area contributed by atoms with Crippen molar-refractivity contribution in [1.82, 2.24) is 9.38 Å². The first-order valence-corrected chi connectivity index (χ1v) is 7.58. The summed E-state index contributed by atoms with van der Waals surface area (Å²) in [7, 11) is 0. The molecular weight excluding hydrogens is 280 g/mol. The van der Waals surface area contributed by atoms with Crippen molar-refractivity contribution in [3.05, 3.63) is 51.8 Å². The minimum Gasteiger partial charge on any atom is -0.379 e. The molecule has 0 aliphatic carbocycles. The molecule has 0 atom stereocenters. The number of nitrogens with zero attached hydrogens (tertiary/aromatic N) is 3. The van der Waals surface area contributed by atoms with Crippen molar-refractivity contribution in [2.75, 3.05) is 5.32 Å². The van der Waals surface area contributed by atoms with Gasteiger partial charge in [-0.25, -0.2) is 4.98 Å². The number of hydrogen-bond acceptors (Lipinski definition) is 4. The molecule has 106 valence electrons. The van der Waals surface area contributed by atoms with Gasteiger partial charge in [0.05, 0.1) is 29.6 Å². The first-order chi connectivity index (χ1) is 10.1. The summed E-state index contributed by atoms with van der Waals surface area (Å²) in [5.41, 5.74) is 5.01. The molecule has 0 aliphatic rings. The minimum absolute atomic E-state index is 0.671. The first kappa shape index (κ1) is 13.7. The molecular formula is C16H16N4S. The Hall–Kier alpha value is -2.32. The highest BCUT2D eigenvalue weighted by atomic mass is 32.1. The molecule has 3 rings (SSSR count). The Morgan fingerprint density at radius 1 is 1.33 bits per heavy atom. The number of imidazole rings is 1. The second kappa shape index (κ2) is 5.23. The molecule has 0 aliphatic heterocycles. The lowest BCUT2D eigenvalue weighted by molar-refractivity contribution is 0.989. The molecule has 2 heterocycles. The number of aromatic nitrogens is 2. The van der Waals surface area contributed by atoms with E-state index in [1.54, 1.807) is 11.3 Å². The van der Waals surface area contributed by atoms with Gasteiger partial charge in [0.2, 0.25) is 0 Å². The normalized spacial score (nSPS) is 10.8. The van der Waals surface area contributed by atoms with Crippen LogP contribution in [0.4, 0.5) is 5.69 Å². The Kier molecular flexibility index (Phi) is 3.40. The fourth-order valence-electron chi connectivity index (χ4n) is 2.38. The van der Waals surface area contributed by atoms with E-state index >= 15 is 0 Å². The number of anilines is 1. The van der Waals surface area contributed by atoms with Crippen LogP contribution in [0.5, 0.6) is 0 Å². The van der Waals surface area contributed by atoms with E-state index in [1.807, 2.05) is 32.0 Å². The summed E-state index contributed by atoms with van der Waals surface area (Å²) in [5.74, 6) is 0. The van der Waals surface area contributed by atoms with Gasteiger partial charge in [-0.1, -0.05) is 6.07 Å². The Morgan fingerprint density at radius 3 is 2.90 bits per heavy atom. The van der Waals surface area contributed by atoms with Gasteiger partial charge in [-0.2, -0.15) is 5.26 Å². The van der Waals surface area contributed by atoms with Crippen LogP contribution in [0, 0.1) is 32.1 Å². The van der Waals surface area contributed by atoms with Crippen LogP contribution in [0.2, 0.25) is 0 Å². The monoisotopic (exact) mass is 296 g/mol. The van der Waals surface area contributed by atoms with Crippen LogP contribution in [0.3, 0.4) is 0 Å². The zero-order valence-electron chi connectivity index (χ0n) is 12.3. The topological polar surface area (TPSA) is 53.1 Å². The van der Waals surface area contributed by atoms with Gasteiger partial charge >= 0.3 is 0 Å². The summed E-state index contributed by atoms with van der Waals surface area (Å²) in [6.45, 7) is 6.85. The number of fused-ring (bicyclic) bond motifs is 1. The Balaban J connectivity index is 1.90. The number of thiazole rings is 1. The maximum atomic E-state index is 9.00. The van der Waals surface area contributed by atoms with Gasteiger partial charge in [0.25, 0.3) is 0 Å². The van der Waals surface area contributed by atoms with E-state index in [-0.39, 0.29) is 0 Å². The fourth-order valence-corrected chi connectivity index (χ4v) is 3.27. The molecule has 3 aromatic rings. The number of hydrogen-bond donors (Lipinski definition) is 1. The van der Waals surface area contributed by atoms with Crippen LogP contribution in [-0.2, 0) is 6.54 Å². The number of benzene rings is 1. The third-order valence-corrected chi connectivity index (χ3v) is 4.45. The third-order valence-electron chi connectivity index (χ3n) is 3.55. The van der Waals surface area contributed by atoms with Gasteiger partial charge in [0.1, 0.15) is 0 Å². The lowest BCUT2D eigenvalue weighted by Crippen LogP contribution is -2.05. The van der Waals surface area contributed by atoms with E-state index < -0.39 is 0 Å². The molecule has 5 heteroatoms. The predicted molar refractivity (Wildman–Crippen MR) is 85.8 cm³/mol. The average Bonchev–Trinajstić information content (AvgIpc) is 2.93. The van der Waals surface area contributed by atoms with Crippen molar-refractivity contribution < 1.29 is 0 Å². The molecule has 0 bridgehead atoms. The summed E-state index contributed by atoms with van der Waals surface area (Å²) < 4.78 is 2.14. The highest BCUT2D eigenvalue weighted by Crippen LogP contribution is 2.22. The minimum atomic E-state index is 0.671. The van der Waals surface area contributed by atoms with E-state index in [0.29, 0.717) is 12.1 Å². The quantitative estimate of drug-likeness (QED) is 0.799. The molecule has 2 aromatic heterocycles.